The Morgan fingerprint density at radius 2 is 0.711 bits per heavy atom. The molecule has 3 heterocycles. The summed E-state index contributed by atoms with van der Waals surface area (Å²) in [6.07, 6.45) is 0. The van der Waals surface area contributed by atoms with Crippen LogP contribution >= 0.6 is 0 Å². The summed E-state index contributed by atoms with van der Waals surface area (Å²) in [4.78, 5) is 0. The van der Waals surface area contributed by atoms with Crippen LogP contribution in [0.15, 0.2) is 133 Å². The molecule has 3 aromatic heterocycles. The third-order valence-electron chi connectivity index (χ3n) is 8.22. The van der Waals surface area contributed by atoms with Gasteiger partial charge in [-0.05, 0) is 47.5 Å². The van der Waals surface area contributed by atoms with Crippen LogP contribution in [0.4, 0.5) is 0 Å². The summed E-state index contributed by atoms with van der Waals surface area (Å²) in [6.45, 7) is 0. The molecule has 0 amide bonds. The molecule has 0 aliphatic heterocycles. The third kappa shape index (κ3) is 2.47. The lowest BCUT2D eigenvalue weighted by Gasteiger charge is -2.12. The first-order valence-corrected chi connectivity index (χ1v) is 13.1. The van der Waals surface area contributed by atoms with Gasteiger partial charge in [-0.15, -0.1) is 0 Å². The van der Waals surface area contributed by atoms with Crippen molar-refractivity contribution >= 4 is 65.4 Å². The van der Waals surface area contributed by atoms with Crippen LogP contribution in [0.1, 0.15) is 0 Å². The van der Waals surface area contributed by atoms with E-state index in [9.17, 15) is 0 Å². The fourth-order valence-corrected chi connectivity index (χ4v) is 6.68. The Balaban J connectivity index is 1.72. The molecule has 0 fully saturated rings. The van der Waals surface area contributed by atoms with E-state index in [0.29, 0.717) is 0 Å². The van der Waals surface area contributed by atoms with Crippen LogP contribution in [0.2, 0.25) is 0 Å². The second-order valence-electron chi connectivity index (χ2n) is 10.2. The van der Waals surface area contributed by atoms with Gasteiger partial charge in [0.1, 0.15) is 0 Å². The molecule has 176 valence electrons. The van der Waals surface area contributed by atoms with E-state index in [1.165, 1.54) is 76.5 Å². The van der Waals surface area contributed by atoms with E-state index in [1.54, 1.807) is 0 Å². The number of para-hydroxylation sites is 5. The summed E-state index contributed by atoms with van der Waals surface area (Å²) < 4.78 is 4.97. The van der Waals surface area contributed by atoms with E-state index in [-0.39, 0.29) is 0 Å². The number of aromatic nitrogens is 2. The van der Waals surface area contributed by atoms with Gasteiger partial charge in [0.2, 0.25) is 0 Å². The van der Waals surface area contributed by atoms with Crippen molar-refractivity contribution in [3.8, 4) is 11.1 Å². The molecular formula is C36H22N2. The second kappa shape index (κ2) is 7.24. The molecule has 6 aromatic carbocycles. The van der Waals surface area contributed by atoms with E-state index < -0.39 is 0 Å². The Morgan fingerprint density at radius 3 is 1.34 bits per heavy atom. The average molecular weight is 483 g/mol. The summed E-state index contributed by atoms with van der Waals surface area (Å²) in [6, 6.07) is 48.8. The lowest BCUT2D eigenvalue weighted by Crippen LogP contribution is -1.94. The summed E-state index contributed by atoms with van der Waals surface area (Å²) in [7, 11) is 0. The first kappa shape index (κ1) is 20.0. The van der Waals surface area contributed by atoms with Gasteiger partial charge in [0, 0.05) is 32.3 Å². The maximum atomic E-state index is 2.49. The van der Waals surface area contributed by atoms with Crippen molar-refractivity contribution in [1.29, 1.82) is 0 Å². The SMILES string of the molecule is c1ccc(-c2cc3c4ccccc4n4c5ccccc5n5c6ccccc6c6cccc(c(c2)c34)c65)cc1. The standard InChI is InChI=1S/C36H22N2/c1-2-11-23(12-3-1)24-21-29-26-14-5-7-18-32(26)38-34-20-9-8-19-33(34)37-31-17-6-4-13-25(31)27-15-10-16-28(35(27)37)30(22-24)36(29)38/h1-22H. The number of hydrogen-bond donors (Lipinski definition) is 0. The second-order valence-corrected chi connectivity index (χ2v) is 10.2. The van der Waals surface area contributed by atoms with Crippen molar-refractivity contribution < 1.29 is 0 Å². The molecule has 0 spiro atoms. The Morgan fingerprint density at radius 1 is 0.289 bits per heavy atom. The minimum Gasteiger partial charge on any atom is -0.307 e. The molecule has 0 saturated heterocycles. The van der Waals surface area contributed by atoms with Gasteiger partial charge < -0.3 is 8.80 Å². The molecule has 0 radical (unpaired) electrons. The van der Waals surface area contributed by atoms with Crippen molar-refractivity contribution in [1.82, 2.24) is 8.80 Å². The van der Waals surface area contributed by atoms with E-state index in [0.717, 1.165) is 0 Å². The fourth-order valence-electron chi connectivity index (χ4n) is 6.68. The molecule has 2 heteroatoms. The average Bonchev–Trinajstić information content (AvgIpc) is 3.49. The zero-order valence-corrected chi connectivity index (χ0v) is 20.6. The first-order valence-electron chi connectivity index (χ1n) is 13.1. The molecule has 0 atom stereocenters. The monoisotopic (exact) mass is 482 g/mol. The first-order chi connectivity index (χ1) is 18.9. The van der Waals surface area contributed by atoms with Gasteiger partial charge in [-0.3, -0.25) is 0 Å². The van der Waals surface area contributed by atoms with Crippen LogP contribution in [0, 0.1) is 0 Å². The maximum absolute atomic E-state index is 2.49. The highest BCUT2D eigenvalue weighted by Crippen LogP contribution is 2.42. The smallest absolute Gasteiger partial charge is 0.0703 e. The molecule has 0 aliphatic rings. The largest absolute Gasteiger partial charge is 0.307 e. The van der Waals surface area contributed by atoms with E-state index in [4.69, 9.17) is 0 Å². The molecule has 0 aliphatic carbocycles. The Kier molecular flexibility index (Phi) is 3.82. The van der Waals surface area contributed by atoms with Crippen molar-refractivity contribution in [2.24, 2.45) is 0 Å². The van der Waals surface area contributed by atoms with Crippen molar-refractivity contribution in [3.63, 3.8) is 0 Å². The molecule has 0 bridgehead atoms. The van der Waals surface area contributed by atoms with Gasteiger partial charge in [0.15, 0.2) is 0 Å². The Hall–Kier alpha value is -5.08. The molecule has 38 heavy (non-hydrogen) atoms. The van der Waals surface area contributed by atoms with E-state index >= 15 is 0 Å². The number of rotatable bonds is 1. The van der Waals surface area contributed by atoms with Crippen molar-refractivity contribution in [3.05, 3.63) is 133 Å². The molecule has 0 unspecified atom stereocenters. The van der Waals surface area contributed by atoms with Crippen molar-refractivity contribution in [2.75, 3.05) is 0 Å². The highest BCUT2D eigenvalue weighted by atomic mass is 15.0. The summed E-state index contributed by atoms with van der Waals surface area (Å²) in [5.74, 6) is 0. The highest BCUT2D eigenvalue weighted by molar-refractivity contribution is 6.26. The fraction of sp³-hybridized carbons (Fsp3) is 0. The predicted octanol–water partition coefficient (Wildman–Crippen LogP) is 9.62. The zero-order valence-electron chi connectivity index (χ0n) is 20.6. The lowest BCUT2D eigenvalue weighted by atomic mass is 9.98. The minimum absolute atomic E-state index is 1.20. The van der Waals surface area contributed by atoms with E-state index in [1.807, 2.05) is 0 Å². The Labute approximate surface area is 218 Å². The van der Waals surface area contributed by atoms with Crippen LogP contribution in [0.3, 0.4) is 0 Å². The summed E-state index contributed by atoms with van der Waals surface area (Å²) in [5.41, 5.74) is 9.87. The third-order valence-corrected chi connectivity index (χ3v) is 8.22. The summed E-state index contributed by atoms with van der Waals surface area (Å²) in [5, 5.41) is 7.66. The van der Waals surface area contributed by atoms with Gasteiger partial charge in [-0.2, -0.15) is 0 Å². The van der Waals surface area contributed by atoms with Crippen molar-refractivity contribution in [2.45, 2.75) is 0 Å². The summed E-state index contributed by atoms with van der Waals surface area (Å²) >= 11 is 0. The van der Waals surface area contributed by atoms with Crippen LogP contribution in [-0.4, -0.2) is 8.80 Å². The van der Waals surface area contributed by atoms with Crippen LogP contribution in [0.5, 0.6) is 0 Å². The number of benzene rings is 6. The van der Waals surface area contributed by atoms with Gasteiger partial charge in [-0.25, -0.2) is 0 Å². The molecule has 9 aromatic rings. The van der Waals surface area contributed by atoms with Crippen LogP contribution in [-0.2, 0) is 0 Å². The maximum Gasteiger partial charge on any atom is 0.0703 e. The zero-order chi connectivity index (χ0) is 24.8. The molecule has 9 rings (SSSR count). The molecular weight excluding hydrogens is 460 g/mol. The minimum atomic E-state index is 1.20. The normalized spacial score (nSPS) is 12.2. The van der Waals surface area contributed by atoms with Gasteiger partial charge >= 0.3 is 0 Å². The predicted molar refractivity (Wildman–Crippen MR) is 161 cm³/mol. The molecule has 0 saturated carbocycles. The van der Waals surface area contributed by atoms with Gasteiger partial charge in [0.25, 0.3) is 0 Å². The number of hydrogen-bond acceptors (Lipinski definition) is 0. The van der Waals surface area contributed by atoms with Gasteiger partial charge in [0.05, 0.1) is 33.1 Å². The van der Waals surface area contributed by atoms with Gasteiger partial charge in [-0.1, -0.05) is 97.1 Å². The van der Waals surface area contributed by atoms with Crippen LogP contribution in [0.25, 0.3) is 76.5 Å². The molecule has 2 nitrogen and oxygen atoms in total. The highest BCUT2D eigenvalue weighted by Gasteiger charge is 2.19. The Bertz CT molecular complexity index is 2390. The lowest BCUT2D eigenvalue weighted by molar-refractivity contribution is 1.29. The molecule has 0 N–H and O–H groups in total. The number of nitrogens with zero attached hydrogens (tertiary/aromatic N) is 2. The van der Waals surface area contributed by atoms with E-state index in [2.05, 4.69) is 142 Å². The van der Waals surface area contributed by atoms with Crippen LogP contribution < -0.4 is 0 Å². The quantitative estimate of drug-likeness (QED) is 0.220. The number of fused-ring (bicyclic) bond motifs is 10. The topological polar surface area (TPSA) is 8.82 Å².